The van der Waals surface area contributed by atoms with Crippen LogP contribution in [0.1, 0.15) is 28.8 Å². The molecule has 0 radical (unpaired) electrons. The molecule has 19 heavy (non-hydrogen) atoms. The molecule has 0 atom stereocenters. The van der Waals surface area contributed by atoms with Gasteiger partial charge in [-0.3, -0.25) is 14.9 Å². The van der Waals surface area contributed by atoms with Crippen molar-refractivity contribution in [1.29, 1.82) is 0 Å². The zero-order valence-electron chi connectivity index (χ0n) is 10.8. The van der Waals surface area contributed by atoms with Crippen molar-refractivity contribution in [1.82, 2.24) is 15.2 Å². The van der Waals surface area contributed by atoms with Crippen molar-refractivity contribution >= 4 is 5.91 Å². The minimum atomic E-state index is -0.456. The van der Waals surface area contributed by atoms with E-state index in [-0.39, 0.29) is 12.4 Å². The first-order valence-corrected chi connectivity index (χ1v) is 5.89. The zero-order chi connectivity index (χ0) is 13.8. The molecule has 102 valence electrons. The van der Waals surface area contributed by atoms with Gasteiger partial charge in [0.1, 0.15) is 12.4 Å². The number of furan rings is 1. The average Bonchev–Trinajstić information content (AvgIpc) is 3.01. The molecular weight excluding hydrogens is 248 g/mol. The summed E-state index contributed by atoms with van der Waals surface area (Å²) >= 11 is 0. The lowest BCUT2D eigenvalue weighted by atomic mass is 10.2. The third kappa shape index (κ3) is 2.94. The Hall–Kier alpha value is -2.28. The summed E-state index contributed by atoms with van der Waals surface area (Å²) in [7, 11) is 0. The van der Waals surface area contributed by atoms with Gasteiger partial charge in [-0.15, -0.1) is 0 Å². The van der Waals surface area contributed by atoms with Crippen LogP contribution in [-0.4, -0.2) is 15.7 Å². The highest BCUT2D eigenvalue weighted by Gasteiger charge is 2.14. The molecule has 0 fully saturated rings. The summed E-state index contributed by atoms with van der Waals surface area (Å²) in [4.78, 5) is 11.4. The maximum absolute atomic E-state index is 11.4. The van der Waals surface area contributed by atoms with Crippen LogP contribution in [0.2, 0.25) is 0 Å². The lowest BCUT2D eigenvalue weighted by Crippen LogP contribution is -2.30. The van der Waals surface area contributed by atoms with Crippen LogP contribution in [0.25, 0.3) is 0 Å². The van der Waals surface area contributed by atoms with E-state index in [0.29, 0.717) is 17.1 Å². The number of rotatable bonds is 5. The molecule has 0 aromatic carbocycles. The van der Waals surface area contributed by atoms with Crippen molar-refractivity contribution in [2.75, 3.05) is 0 Å². The van der Waals surface area contributed by atoms with E-state index in [1.807, 2.05) is 12.3 Å². The van der Waals surface area contributed by atoms with E-state index in [9.17, 15) is 4.79 Å². The van der Waals surface area contributed by atoms with Crippen molar-refractivity contribution in [2.24, 2.45) is 5.84 Å². The fourth-order valence-corrected chi connectivity index (χ4v) is 1.66. The van der Waals surface area contributed by atoms with Gasteiger partial charge in [0, 0.05) is 12.1 Å². The summed E-state index contributed by atoms with van der Waals surface area (Å²) in [6, 6.07) is 1.74. The van der Waals surface area contributed by atoms with Crippen molar-refractivity contribution < 1.29 is 13.9 Å². The van der Waals surface area contributed by atoms with Gasteiger partial charge in [0.25, 0.3) is 0 Å². The fourth-order valence-electron chi connectivity index (χ4n) is 1.66. The van der Waals surface area contributed by atoms with Gasteiger partial charge in [-0.05, 0) is 19.9 Å². The standard InChI is InChI=1S/C12H16N4O3/c1-3-16-6-10(5-14-16)18-7-9-4-8(2)11(19-9)12(17)15-13/h4-6H,3,7,13H2,1-2H3,(H,15,17). The number of nitrogens with two attached hydrogens (primary N) is 1. The lowest BCUT2D eigenvalue weighted by Gasteiger charge is -2.00. The van der Waals surface area contributed by atoms with Crippen LogP contribution in [0.15, 0.2) is 22.9 Å². The monoisotopic (exact) mass is 264 g/mol. The molecule has 0 saturated heterocycles. The molecule has 2 aromatic heterocycles. The third-order valence-corrected chi connectivity index (χ3v) is 2.62. The number of nitrogen functional groups attached to an aromatic ring is 1. The number of carbonyl (C=O) groups is 1. The van der Waals surface area contributed by atoms with Gasteiger partial charge >= 0.3 is 5.91 Å². The van der Waals surface area contributed by atoms with E-state index < -0.39 is 5.91 Å². The molecule has 7 nitrogen and oxygen atoms in total. The topological polar surface area (TPSA) is 95.3 Å². The number of aromatic nitrogens is 2. The number of hydrogen-bond acceptors (Lipinski definition) is 5. The average molecular weight is 264 g/mol. The van der Waals surface area contributed by atoms with Gasteiger partial charge in [-0.25, -0.2) is 5.84 Å². The molecule has 0 aliphatic heterocycles. The van der Waals surface area contributed by atoms with E-state index in [1.54, 1.807) is 30.1 Å². The van der Waals surface area contributed by atoms with Gasteiger partial charge in [-0.2, -0.15) is 5.10 Å². The van der Waals surface area contributed by atoms with Crippen LogP contribution >= 0.6 is 0 Å². The van der Waals surface area contributed by atoms with E-state index in [4.69, 9.17) is 15.0 Å². The second-order valence-electron chi connectivity index (χ2n) is 4.02. The van der Waals surface area contributed by atoms with Crippen LogP contribution < -0.4 is 16.0 Å². The Morgan fingerprint density at radius 2 is 2.42 bits per heavy atom. The van der Waals surface area contributed by atoms with Crippen LogP contribution in [0.5, 0.6) is 5.75 Å². The molecule has 3 N–H and O–H groups in total. The number of hydrazine groups is 1. The molecule has 0 saturated carbocycles. The summed E-state index contributed by atoms with van der Waals surface area (Å²) in [6.45, 7) is 4.77. The van der Waals surface area contributed by atoms with E-state index in [2.05, 4.69) is 5.10 Å². The lowest BCUT2D eigenvalue weighted by molar-refractivity contribution is 0.0921. The summed E-state index contributed by atoms with van der Waals surface area (Å²) < 4.78 is 12.7. The number of aryl methyl sites for hydroxylation is 2. The van der Waals surface area contributed by atoms with Gasteiger partial charge in [0.2, 0.25) is 0 Å². The van der Waals surface area contributed by atoms with Gasteiger partial charge in [-0.1, -0.05) is 0 Å². The molecule has 0 bridgehead atoms. The Kier molecular flexibility index (Phi) is 3.86. The highest BCUT2D eigenvalue weighted by Crippen LogP contribution is 2.17. The molecule has 0 spiro atoms. The first kappa shape index (κ1) is 13.2. The molecular formula is C12H16N4O3. The zero-order valence-corrected chi connectivity index (χ0v) is 10.8. The Bertz CT molecular complexity index is 573. The highest BCUT2D eigenvalue weighted by molar-refractivity contribution is 5.92. The number of nitrogens with zero attached hydrogens (tertiary/aromatic N) is 2. The molecule has 0 unspecified atom stereocenters. The van der Waals surface area contributed by atoms with E-state index in [1.165, 1.54) is 0 Å². The molecule has 1 amide bonds. The van der Waals surface area contributed by atoms with Gasteiger partial charge in [0.15, 0.2) is 11.5 Å². The Morgan fingerprint density at radius 3 is 3.05 bits per heavy atom. The SMILES string of the molecule is CCn1cc(OCc2cc(C)c(C(=O)NN)o2)cn1. The van der Waals surface area contributed by atoms with Crippen molar-refractivity contribution in [3.63, 3.8) is 0 Å². The van der Waals surface area contributed by atoms with Crippen LogP contribution in [0.3, 0.4) is 0 Å². The number of amides is 1. The third-order valence-electron chi connectivity index (χ3n) is 2.62. The molecule has 0 aliphatic carbocycles. The maximum atomic E-state index is 11.4. The van der Waals surface area contributed by atoms with Crippen LogP contribution in [0.4, 0.5) is 0 Å². The quantitative estimate of drug-likeness (QED) is 0.477. The number of carbonyl (C=O) groups excluding carboxylic acids is 1. The molecule has 2 heterocycles. The largest absolute Gasteiger partial charge is 0.482 e. The number of nitrogens with one attached hydrogen (secondary N) is 1. The molecule has 2 aromatic rings. The first-order chi connectivity index (χ1) is 9.13. The minimum Gasteiger partial charge on any atom is -0.482 e. The highest BCUT2D eigenvalue weighted by atomic mass is 16.5. The Balaban J connectivity index is 2.01. The van der Waals surface area contributed by atoms with Crippen LogP contribution in [-0.2, 0) is 13.2 Å². The first-order valence-electron chi connectivity index (χ1n) is 5.89. The predicted octanol–water partition coefficient (Wildman–Crippen LogP) is 0.987. The van der Waals surface area contributed by atoms with Gasteiger partial charge < -0.3 is 9.15 Å². The summed E-state index contributed by atoms with van der Waals surface area (Å²) in [5, 5.41) is 4.09. The molecule has 0 aliphatic rings. The number of ether oxygens (including phenoxy) is 1. The van der Waals surface area contributed by atoms with Crippen molar-refractivity contribution in [2.45, 2.75) is 27.0 Å². The second kappa shape index (κ2) is 5.57. The fraction of sp³-hybridized carbons (Fsp3) is 0.333. The molecule has 2 rings (SSSR count). The van der Waals surface area contributed by atoms with Crippen molar-refractivity contribution in [3.05, 3.63) is 35.5 Å². The summed E-state index contributed by atoms with van der Waals surface area (Å²) in [5.74, 6) is 6.02. The molecule has 7 heteroatoms. The maximum Gasteiger partial charge on any atom is 0.301 e. The number of hydrogen-bond donors (Lipinski definition) is 2. The Labute approximate surface area is 110 Å². The van der Waals surface area contributed by atoms with E-state index in [0.717, 1.165) is 6.54 Å². The normalized spacial score (nSPS) is 10.5. The predicted molar refractivity (Wildman–Crippen MR) is 67.3 cm³/mol. The van der Waals surface area contributed by atoms with Crippen LogP contribution in [0, 0.1) is 6.92 Å². The minimum absolute atomic E-state index is 0.199. The van der Waals surface area contributed by atoms with Gasteiger partial charge in [0.05, 0.1) is 12.4 Å². The summed E-state index contributed by atoms with van der Waals surface area (Å²) in [6.07, 6.45) is 3.43. The van der Waals surface area contributed by atoms with E-state index >= 15 is 0 Å². The Morgan fingerprint density at radius 1 is 1.63 bits per heavy atom. The summed E-state index contributed by atoms with van der Waals surface area (Å²) in [5.41, 5.74) is 2.75. The second-order valence-corrected chi connectivity index (χ2v) is 4.02. The smallest absolute Gasteiger partial charge is 0.301 e. The van der Waals surface area contributed by atoms with Crippen molar-refractivity contribution in [3.8, 4) is 5.75 Å².